The minimum absolute atomic E-state index is 0.0194. The van der Waals surface area contributed by atoms with Crippen molar-refractivity contribution in [1.29, 1.82) is 0 Å². The van der Waals surface area contributed by atoms with Gasteiger partial charge in [0.2, 0.25) is 0 Å². The minimum Gasteiger partial charge on any atom is -0.376 e. The first-order valence-electron chi connectivity index (χ1n) is 6.12. The predicted molar refractivity (Wildman–Crippen MR) is 68.1 cm³/mol. The lowest BCUT2D eigenvalue weighted by atomic mass is 10.3. The van der Waals surface area contributed by atoms with Gasteiger partial charge < -0.3 is 10.1 Å². The Balaban J connectivity index is 1.60. The van der Waals surface area contributed by atoms with Crippen LogP contribution in [-0.2, 0) is 24.4 Å². The summed E-state index contributed by atoms with van der Waals surface area (Å²) in [4.78, 5) is 0. The van der Waals surface area contributed by atoms with Gasteiger partial charge in [0, 0.05) is 12.6 Å². The van der Waals surface area contributed by atoms with Gasteiger partial charge in [-0.1, -0.05) is 0 Å². The van der Waals surface area contributed by atoms with Crippen LogP contribution in [0.15, 0.2) is 0 Å². The standard InChI is InChI=1S/C10H19NO5S2/c12-17(13)5-1-9(7-17)11-3-4-16-10-2-6-18(14,15)8-10/h9-11H,1-8H2/t9-,10+/m0/s1. The third-order valence-electron chi connectivity index (χ3n) is 3.31. The highest BCUT2D eigenvalue weighted by Crippen LogP contribution is 2.14. The quantitative estimate of drug-likeness (QED) is 0.653. The molecule has 2 atom stereocenters. The zero-order valence-electron chi connectivity index (χ0n) is 10.2. The van der Waals surface area contributed by atoms with Crippen LogP contribution in [0.2, 0.25) is 0 Å². The molecule has 1 N–H and O–H groups in total. The summed E-state index contributed by atoms with van der Waals surface area (Å²) in [6.07, 6.45) is 1.03. The van der Waals surface area contributed by atoms with Crippen LogP contribution in [0, 0.1) is 0 Å². The monoisotopic (exact) mass is 297 g/mol. The molecule has 0 bridgehead atoms. The third-order valence-corrected chi connectivity index (χ3v) is 6.82. The fourth-order valence-electron chi connectivity index (χ4n) is 2.34. The van der Waals surface area contributed by atoms with Crippen molar-refractivity contribution in [3.63, 3.8) is 0 Å². The molecule has 18 heavy (non-hydrogen) atoms. The van der Waals surface area contributed by atoms with E-state index in [1.54, 1.807) is 0 Å². The van der Waals surface area contributed by atoms with Crippen LogP contribution in [0.4, 0.5) is 0 Å². The van der Waals surface area contributed by atoms with Crippen LogP contribution in [0.25, 0.3) is 0 Å². The fourth-order valence-corrected chi connectivity index (χ4v) is 5.66. The molecular weight excluding hydrogens is 278 g/mol. The molecule has 0 radical (unpaired) electrons. The van der Waals surface area contributed by atoms with Crippen LogP contribution in [0.5, 0.6) is 0 Å². The maximum Gasteiger partial charge on any atom is 0.152 e. The van der Waals surface area contributed by atoms with Gasteiger partial charge in [0.25, 0.3) is 0 Å². The van der Waals surface area contributed by atoms with E-state index in [2.05, 4.69) is 5.32 Å². The Morgan fingerprint density at radius 1 is 1.00 bits per heavy atom. The van der Waals surface area contributed by atoms with Crippen molar-refractivity contribution in [3.8, 4) is 0 Å². The number of ether oxygens (including phenoxy) is 1. The van der Waals surface area contributed by atoms with Gasteiger partial charge in [0.05, 0.1) is 35.7 Å². The van der Waals surface area contributed by atoms with Crippen LogP contribution in [0.3, 0.4) is 0 Å². The number of nitrogens with one attached hydrogen (secondary N) is 1. The van der Waals surface area contributed by atoms with Crippen molar-refractivity contribution in [2.45, 2.75) is 25.0 Å². The molecule has 6 nitrogen and oxygen atoms in total. The summed E-state index contributed by atoms with van der Waals surface area (Å²) in [5.74, 6) is 0.786. The second-order valence-electron chi connectivity index (χ2n) is 4.95. The summed E-state index contributed by atoms with van der Waals surface area (Å²) in [5.41, 5.74) is 0. The van der Waals surface area contributed by atoms with Crippen molar-refractivity contribution in [3.05, 3.63) is 0 Å². The average molecular weight is 297 g/mol. The Kier molecular flexibility index (Phi) is 4.30. The van der Waals surface area contributed by atoms with Gasteiger partial charge >= 0.3 is 0 Å². The lowest BCUT2D eigenvalue weighted by Gasteiger charge is -2.13. The summed E-state index contributed by atoms with van der Waals surface area (Å²) in [6, 6.07) is 0.0194. The molecule has 0 unspecified atom stereocenters. The van der Waals surface area contributed by atoms with E-state index in [1.165, 1.54) is 0 Å². The van der Waals surface area contributed by atoms with Crippen molar-refractivity contribution >= 4 is 19.7 Å². The molecule has 0 aliphatic carbocycles. The zero-order chi connectivity index (χ0) is 13.2. The number of sulfone groups is 2. The van der Waals surface area contributed by atoms with Gasteiger partial charge in [-0.2, -0.15) is 0 Å². The molecule has 8 heteroatoms. The lowest BCUT2D eigenvalue weighted by molar-refractivity contribution is 0.0719. The van der Waals surface area contributed by atoms with E-state index in [0.717, 1.165) is 0 Å². The number of rotatable bonds is 5. The molecule has 0 aromatic rings. The van der Waals surface area contributed by atoms with Crippen LogP contribution in [0.1, 0.15) is 12.8 Å². The minimum atomic E-state index is -2.89. The van der Waals surface area contributed by atoms with Gasteiger partial charge in [-0.3, -0.25) is 0 Å². The van der Waals surface area contributed by atoms with Gasteiger partial charge in [-0.25, -0.2) is 16.8 Å². The second kappa shape index (κ2) is 5.44. The van der Waals surface area contributed by atoms with Gasteiger partial charge in [0.15, 0.2) is 19.7 Å². The molecule has 2 aliphatic rings. The SMILES string of the molecule is O=S1(=O)CC[C@H](NCCO[C@@H]2CCS(=O)(=O)C2)C1. The van der Waals surface area contributed by atoms with E-state index in [1.807, 2.05) is 0 Å². The Bertz CT molecular complexity index is 438. The Morgan fingerprint density at radius 3 is 2.22 bits per heavy atom. The van der Waals surface area contributed by atoms with E-state index >= 15 is 0 Å². The summed E-state index contributed by atoms with van der Waals surface area (Å²) < 4.78 is 50.3. The van der Waals surface area contributed by atoms with Crippen molar-refractivity contribution in [2.24, 2.45) is 0 Å². The molecule has 2 fully saturated rings. The maximum atomic E-state index is 11.2. The Labute approximate surface area is 108 Å². The van der Waals surface area contributed by atoms with Crippen LogP contribution >= 0.6 is 0 Å². The summed E-state index contributed by atoms with van der Waals surface area (Å²) >= 11 is 0. The number of hydrogen-bond donors (Lipinski definition) is 1. The van der Waals surface area contributed by atoms with E-state index in [0.29, 0.717) is 26.0 Å². The molecular formula is C10H19NO5S2. The largest absolute Gasteiger partial charge is 0.376 e. The Morgan fingerprint density at radius 2 is 1.67 bits per heavy atom. The molecule has 0 aromatic carbocycles. The molecule has 2 heterocycles. The molecule has 0 spiro atoms. The molecule has 0 amide bonds. The first-order chi connectivity index (χ1) is 8.36. The normalized spacial score (nSPS) is 33.8. The Hall–Kier alpha value is -0.180. The average Bonchev–Trinajstić information content (AvgIpc) is 2.76. The zero-order valence-corrected chi connectivity index (χ0v) is 11.8. The molecule has 0 saturated carbocycles. The van der Waals surface area contributed by atoms with E-state index in [-0.39, 0.29) is 35.2 Å². The highest BCUT2D eigenvalue weighted by atomic mass is 32.2. The van der Waals surface area contributed by atoms with Crippen LogP contribution in [-0.4, -0.2) is 65.1 Å². The summed E-state index contributed by atoms with van der Waals surface area (Å²) in [7, 11) is -5.73. The number of hydrogen-bond acceptors (Lipinski definition) is 6. The highest BCUT2D eigenvalue weighted by molar-refractivity contribution is 7.91. The van der Waals surface area contributed by atoms with Crippen LogP contribution < -0.4 is 5.32 Å². The first-order valence-corrected chi connectivity index (χ1v) is 9.76. The maximum absolute atomic E-state index is 11.2. The lowest BCUT2D eigenvalue weighted by Crippen LogP contribution is -2.33. The first kappa shape index (κ1) is 14.2. The van der Waals surface area contributed by atoms with Gasteiger partial charge in [0.1, 0.15) is 0 Å². The summed E-state index contributed by atoms with van der Waals surface area (Å²) in [6.45, 7) is 0.994. The van der Waals surface area contributed by atoms with E-state index < -0.39 is 19.7 Å². The third kappa shape index (κ3) is 4.18. The van der Waals surface area contributed by atoms with Gasteiger partial charge in [-0.05, 0) is 12.8 Å². The van der Waals surface area contributed by atoms with Crippen molar-refractivity contribution in [2.75, 3.05) is 36.2 Å². The highest BCUT2D eigenvalue weighted by Gasteiger charge is 2.29. The van der Waals surface area contributed by atoms with E-state index in [9.17, 15) is 16.8 Å². The summed E-state index contributed by atoms with van der Waals surface area (Å²) in [5, 5.41) is 3.13. The molecule has 0 aromatic heterocycles. The molecule has 106 valence electrons. The topological polar surface area (TPSA) is 89.5 Å². The second-order valence-corrected chi connectivity index (χ2v) is 9.41. The van der Waals surface area contributed by atoms with Crippen molar-refractivity contribution in [1.82, 2.24) is 5.32 Å². The molecule has 2 rings (SSSR count). The smallest absolute Gasteiger partial charge is 0.152 e. The van der Waals surface area contributed by atoms with Gasteiger partial charge in [-0.15, -0.1) is 0 Å². The fraction of sp³-hybridized carbons (Fsp3) is 1.00. The predicted octanol–water partition coefficient (Wildman–Crippen LogP) is -1.03. The molecule has 2 aliphatic heterocycles. The van der Waals surface area contributed by atoms with Crippen molar-refractivity contribution < 1.29 is 21.6 Å². The van der Waals surface area contributed by atoms with E-state index in [4.69, 9.17) is 4.74 Å². The molecule has 2 saturated heterocycles.